The van der Waals surface area contributed by atoms with Crippen molar-refractivity contribution in [2.45, 2.75) is 104 Å². The van der Waals surface area contributed by atoms with Crippen molar-refractivity contribution < 1.29 is 9.53 Å². The smallest absolute Gasteiger partial charge is 0.343 e. The molecule has 0 spiro atoms. The van der Waals surface area contributed by atoms with Crippen molar-refractivity contribution in [1.29, 1.82) is 0 Å². The summed E-state index contributed by atoms with van der Waals surface area (Å²) in [4.78, 5) is 21.8. The number of aryl methyl sites for hydroxylation is 2. The van der Waals surface area contributed by atoms with Gasteiger partial charge in [0, 0.05) is 22.4 Å². The fourth-order valence-electron chi connectivity index (χ4n) is 4.55. The minimum Gasteiger partial charge on any atom is -0.423 e. The maximum absolute atomic E-state index is 12.7. The van der Waals surface area contributed by atoms with Gasteiger partial charge in [-0.05, 0) is 73.2 Å². The van der Waals surface area contributed by atoms with Crippen molar-refractivity contribution in [3.8, 4) is 17.1 Å². The Bertz CT molecular complexity index is 1100. The fourth-order valence-corrected chi connectivity index (χ4v) is 5.13. The van der Waals surface area contributed by atoms with Gasteiger partial charge >= 0.3 is 5.97 Å². The zero-order chi connectivity index (χ0) is 27.0. The van der Waals surface area contributed by atoms with Crippen LogP contribution in [0.2, 0.25) is 0 Å². The van der Waals surface area contributed by atoms with Crippen LogP contribution in [0.25, 0.3) is 11.4 Å². The molecule has 0 saturated heterocycles. The third-order valence-corrected chi connectivity index (χ3v) is 7.67. The molecule has 5 heteroatoms. The first-order valence-corrected chi connectivity index (χ1v) is 15.3. The minimum absolute atomic E-state index is 0.362. The molecule has 2 aromatic carbocycles. The van der Waals surface area contributed by atoms with E-state index in [4.69, 9.17) is 4.74 Å². The van der Waals surface area contributed by atoms with E-state index >= 15 is 0 Å². The molecule has 0 bridgehead atoms. The molecule has 3 aromatic rings. The lowest BCUT2D eigenvalue weighted by molar-refractivity contribution is 0.0734. The van der Waals surface area contributed by atoms with Crippen LogP contribution in [0.3, 0.4) is 0 Å². The quantitative estimate of drug-likeness (QED) is 0.0907. The number of aromatic nitrogens is 2. The fraction of sp³-hybridized carbons (Fsp3) is 0.485. The highest BCUT2D eigenvalue weighted by molar-refractivity contribution is 9.10. The third kappa shape index (κ3) is 10.3. The van der Waals surface area contributed by atoms with Gasteiger partial charge in [0.25, 0.3) is 0 Å². The van der Waals surface area contributed by atoms with Crippen LogP contribution in [0.1, 0.15) is 112 Å². The highest BCUT2D eigenvalue weighted by Gasteiger charge is 2.12. The molecule has 0 N–H and O–H groups in total. The highest BCUT2D eigenvalue weighted by Crippen LogP contribution is 2.24. The Morgan fingerprint density at radius 2 is 1.32 bits per heavy atom. The number of halogens is 1. The Morgan fingerprint density at radius 1 is 0.737 bits per heavy atom. The normalized spacial score (nSPS) is 11.0. The first-order valence-electron chi connectivity index (χ1n) is 14.5. The predicted octanol–water partition coefficient (Wildman–Crippen LogP) is 9.93. The number of unbranched alkanes of at least 4 members (excludes halogenated alkanes) is 10. The Hall–Kier alpha value is -2.53. The van der Waals surface area contributed by atoms with Crippen LogP contribution in [0, 0.1) is 0 Å². The summed E-state index contributed by atoms with van der Waals surface area (Å²) in [6.07, 6.45) is 21.3. The molecule has 0 aliphatic heterocycles. The lowest BCUT2D eigenvalue weighted by Crippen LogP contribution is -2.08. The van der Waals surface area contributed by atoms with Crippen LogP contribution < -0.4 is 4.74 Å². The molecule has 0 amide bonds. The summed E-state index contributed by atoms with van der Waals surface area (Å²) < 4.78 is 6.58. The number of benzene rings is 2. The molecule has 204 valence electrons. The molecule has 0 fully saturated rings. The Kier molecular flexibility index (Phi) is 13.5. The van der Waals surface area contributed by atoms with Crippen LogP contribution in [0.15, 0.2) is 59.3 Å². The Labute approximate surface area is 237 Å². The van der Waals surface area contributed by atoms with Gasteiger partial charge < -0.3 is 4.74 Å². The second-order valence-electron chi connectivity index (χ2n) is 10.2. The van der Waals surface area contributed by atoms with E-state index in [1.54, 1.807) is 12.1 Å². The van der Waals surface area contributed by atoms with Crippen molar-refractivity contribution in [3.05, 3.63) is 76.0 Å². The molecule has 3 rings (SSSR count). The molecule has 0 atom stereocenters. The number of nitrogens with zero attached hydrogens (tertiary/aromatic N) is 2. The molecule has 0 aliphatic carbocycles. The van der Waals surface area contributed by atoms with Gasteiger partial charge in [0.1, 0.15) is 5.75 Å². The summed E-state index contributed by atoms with van der Waals surface area (Å²) >= 11 is 3.63. The molecular formula is C33H43BrN2O2. The van der Waals surface area contributed by atoms with Crippen molar-refractivity contribution >= 4 is 21.9 Å². The SMILES string of the molecule is CCCCCCCCCc1cnc(-c2ccc(OC(=O)c3ccc(CCCCCCC)c(Br)c3)cc2)nc1. The summed E-state index contributed by atoms with van der Waals surface area (Å²) in [6, 6.07) is 13.1. The van der Waals surface area contributed by atoms with E-state index < -0.39 is 0 Å². The lowest BCUT2D eigenvalue weighted by Gasteiger charge is -2.09. The standard InChI is InChI=1S/C33H43BrN2O2/c1-3-5-7-9-10-12-13-15-26-24-35-32(36-25-26)28-19-21-30(22-20-28)38-33(37)29-18-17-27(31(34)23-29)16-14-11-8-6-4-2/h17-25H,3-16H2,1-2H3. The third-order valence-electron chi connectivity index (χ3n) is 6.94. The average Bonchev–Trinajstić information content (AvgIpc) is 2.94. The molecule has 0 saturated carbocycles. The second-order valence-corrected chi connectivity index (χ2v) is 11.0. The van der Waals surface area contributed by atoms with Gasteiger partial charge in [-0.2, -0.15) is 0 Å². The van der Waals surface area contributed by atoms with Gasteiger partial charge in [-0.1, -0.05) is 100 Å². The molecule has 38 heavy (non-hydrogen) atoms. The Balaban J connectivity index is 1.46. The summed E-state index contributed by atoms with van der Waals surface area (Å²) in [6.45, 7) is 4.48. The maximum Gasteiger partial charge on any atom is 0.343 e. The highest BCUT2D eigenvalue weighted by atomic mass is 79.9. The lowest BCUT2D eigenvalue weighted by atomic mass is 10.0. The zero-order valence-corrected chi connectivity index (χ0v) is 24.8. The molecule has 4 nitrogen and oxygen atoms in total. The van der Waals surface area contributed by atoms with Crippen molar-refractivity contribution in [3.63, 3.8) is 0 Å². The van der Waals surface area contributed by atoms with Gasteiger partial charge in [0.05, 0.1) is 5.56 Å². The summed E-state index contributed by atoms with van der Waals surface area (Å²) in [7, 11) is 0. The summed E-state index contributed by atoms with van der Waals surface area (Å²) in [5.41, 5.74) is 3.85. The van der Waals surface area contributed by atoms with Crippen LogP contribution in [0.5, 0.6) is 5.75 Å². The van der Waals surface area contributed by atoms with Crippen LogP contribution in [-0.4, -0.2) is 15.9 Å². The van der Waals surface area contributed by atoms with E-state index in [1.165, 1.54) is 88.2 Å². The van der Waals surface area contributed by atoms with Gasteiger partial charge in [0.2, 0.25) is 0 Å². The molecular weight excluding hydrogens is 536 g/mol. The average molecular weight is 580 g/mol. The van der Waals surface area contributed by atoms with Gasteiger partial charge in [-0.25, -0.2) is 14.8 Å². The van der Waals surface area contributed by atoms with Crippen molar-refractivity contribution in [2.75, 3.05) is 0 Å². The topological polar surface area (TPSA) is 52.1 Å². The number of carbonyl (C=O) groups excluding carboxylic acids is 1. The van der Waals surface area contributed by atoms with E-state index in [1.807, 2.05) is 42.7 Å². The van der Waals surface area contributed by atoms with E-state index in [-0.39, 0.29) is 5.97 Å². The number of esters is 1. The monoisotopic (exact) mass is 578 g/mol. The van der Waals surface area contributed by atoms with Crippen LogP contribution in [-0.2, 0) is 12.8 Å². The summed E-state index contributed by atoms with van der Waals surface area (Å²) in [5, 5.41) is 0. The van der Waals surface area contributed by atoms with Gasteiger partial charge in [0.15, 0.2) is 5.82 Å². The number of ether oxygens (including phenoxy) is 1. The largest absolute Gasteiger partial charge is 0.423 e. The second kappa shape index (κ2) is 17.1. The first-order chi connectivity index (χ1) is 18.6. The molecule has 0 radical (unpaired) electrons. The molecule has 1 heterocycles. The van der Waals surface area contributed by atoms with E-state index in [0.717, 1.165) is 22.9 Å². The Morgan fingerprint density at radius 3 is 1.92 bits per heavy atom. The van der Waals surface area contributed by atoms with Gasteiger partial charge in [-0.15, -0.1) is 0 Å². The minimum atomic E-state index is -0.362. The maximum atomic E-state index is 12.7. The van der Waals surface area contributed by atoms with Crippen LogP contribution >= 0.6 is 15.9 Å². The number of hydrogen-bond acceptors (Lipinski definition) is 4. The van der Waals surface area contributed by atoms with Crippen molar-refractivity contribution in [1.82, 2.24) is 9.97 Å². The summed E-state index contributed by atoms with van der Waals surface area (Å²) in [5.74, 6) is 0.824. The number of hydrogen-bond donors (Lipinski definition) is 0. The zero-order valence-electron chi connectivity index (χ0n) is 23.2. The van der Waals surface area contributed by atoms with E-state index in [2.05, 4.69) is 39.7 Å². The predicted molar refractivity (Wildman–Crippen MR) is 161 cm³/mol. The van der Waals surface area contributed by atoms with E-state index in [0.29, 0.717) is 17.1 Å². The molecule has 0 unspecified atom stereocenters. The first kappa shape index (κ1) is 30.0. The van der Waals surface area contributed by atoms with Crippen LogP contribution in [0.4, 0.5) is 0 Å². The number of carbonyl (C=O) groups is 1. The van der Waals surface area contributed by atoms with Crippen molar-refractivity contribution in [2.24, 2.45) is 0 Å². The molecule has 1 aromatic heterocycles. The van der Waals surface area contributed by atoms with Gasteiger partial charge in [-0.3, -0.25) is 0 Å². The van der Waals surface area contributed by atoms with E-state index in [9.17, 15) is 4.79 Å². The molecule has 0 aliphatic rings. The number of rotatable bonds is 17.